The van der Waals surface area contributed by atoms with Gasteiger partial charge in [-0.3, -0.25) is 0 Å². The summed E-state index contributed by atoms with van der Waals surface area (Å²) in [6.45, 7) is 12.5. The van der Waals surface area contributed by atoms with Gasteiger partial charge in [0.15, 0.2) is 0 Å². The monoisotopic (exact) mass is 244 g/mol. The van der Waals surface area contributed by atoms with Crippen molar-refractivity contribution in [3.8, 4) is 0 Å². The Balaban J connectivity index is 4.18. The van der Waals surface area contributed by atoms with Crippen LogP contribution < -0.4 is 0 Å². The molecule has 3 unspecified atom stereocenters. The van der Waals surface area contributed by atoms with Gasteiger partial charge in [0.2, 0.25) is 0 Å². The van der Waals surface area contributed by atoms with Crippen molar-refractivity contribution >= 4 is 7.32 Å². The molecule has 3 nitrogen and oxygen atoms in total. The van der Waals surface area contributed by atoms with E-state index in [9.17, 15) is 0 Å². The van der Waals surface area contributed by atoms with E-state index < -0.39 is 7.32 Å². The summed E-state index contributed by atoms with van der Waals surface area (Å²) in [5, 5.41) is 0. The first-order chi connectivity index (χ1) is 8.03. The minimum Gasteiger partial charge on any atom is -0.383 e. The second-order valence-electron chi connectivity index (χ2n) is 4.73. The van der Waals surface area contributed by atoms with Crippen LogP contribution in [0.25, 0.3) is 0 Å². The maximum Gasteiger partial charge on any atom is 0.639 e. The molecule has 102 valence electrons. The molecule has 3 atom stereocenters. The molecule has 0 rings (SSSR count). The molecule has 0 bridgehead atoms. The molecule has 0 saturated heterocycles. The molecular formula is C13H29BO3. The van der Waals surface area contributed by atoms with Gasteiger partial charge in [-0.25, -0.2) is 0 Å². The molecule has 4 heteroatoms. The molecule has 0 amide bonds. The molecule has 0 heterocycles. The van der Waals surface area contributed by atoms with Gasteiger partial charge < -0.3 is 14.0 Å². The van der Waals surface area contributed by atoms with Crippen LogP contribution in [-0.2, 0) is 14.0 Å². The molecule has 0 aromatic carbocycles. The quantitative estimate of drug-likeness (QED) is 0.547. The van der Waals surface area contributed by atoms with Gasteiger partial charge >= 0.3 is 7.32 Å². The van der Waals surface area contributed by atoms with E-state index in [4.69, 9.17) is 14.0 Å². The third kappa shape index (κ3) is 8.64. The van der Waals surface area contributed by atoms with Crippen molar-refractivity contribution in [3.05, 3.63) is 0 Å². The van der Waals surface area contributed by atoms with Crippen LogP contribution in [0.1, 0.15) is 67.2 Å². The van der Waals surface area contributed by atoms with Crippen LogP contribution in [0.15, 0.2) is 0 Å². The van der Waals surface area contributed by atoms with Gasteiger partial charge in [-0.05, 0) is 40.0 Å². The van der Waals surface area contributed by atoms with E-state index in [2.05, 4.69) is 27.7 Å². The van der Waals surface area contributed by atoms with E-state index in [-0.39, 0.29) is 18.3 Å². The second-order valence-corrected chi connectivity index (χ2v) is 4.73. The maximum absolute atomic E-state index is 5.79. The lowest BCUT2D eigenvalue weighted by Gasteiger charge is -2.23. The van der Waals surface area contributed by atoms with Gasteiger partial charge in [-0.2, -0.15) is 0 Å². The Hall–Kier alpha value is -0.0551. The fraction of sp³-hybridized carbons (Fsp3) is 1.00. The molecule has 0 radical (unpaired) electrons. The summed E-state index contributed by atoms with van der Waals surface area (Å²) in [6, 6.07) is 0. The minimum atomic E-state index is -0.526. The number of hydrogen-bond donors (Lipinski definition) is 0. The number of hydrogen-bond acceptors (Lipinski definition) is 3. The SMILES string of the molecule is CCCC(C)OB(OC(C)CC)OC(C)CC. The van der Waals surface area contributed by atoms with Crippen molar-refractivity contribution in [1.29, 1.82) is 0 Å². The van der Waals surface area contributed by atoms with Crippen molar-refractivity contribution in [3.63, 3.8) is 0 Å². The van der Waals surface area contributed by atoms with E-state index in [1.54, 1.807) is 0 Å². The summed E-state index contributed by atoms with van der Waals surface area (Å²) in [7, 11) is -0.526. The molecule has 0 aliphatic carbocycles. The van der Waals surface area contributed by atoms with E-state index in [0.29, 0.717) is 0 Å². The molecule has 0 N–H and O–H groups in total. The van der Waals surface area contributed by atoms with Gasteiger partial charge in [0.1, 0.15) is 0 Å². The third-order valence-electron chi connectivity index (χ3n) is 2.88. The summed E-state index contributed by atoms with van der Waals surface area (Å²) < 4.78 is 17.3. The first kappa shape index (κ1) is 16.9. The highest BCUT2D eigenvalue weighted by atomic mass is 16.7. The first-order valence-electron chi connectivity index (χ1n) is 6.99. The zero-order valence-corrected chi connectivity index (χ0v) is 12.4. The van der Waals surface area contributed by atoms with Crippen molar-refractivity contribution in [2.24, 2.45) is 0 Å². The standard InChI is InChI=1S/C13H29BO3/c1-7-10-13(6)17-14(15-11(4)8-2)16-12(5)9-3/h11-13H,7-10H2,1-6H3. The normalized spacial score (nSPS) is 16.6. The topological polar surface area (TPSA) is 27.7 Å². The first-order valence-corrected chi connectivity index (χ1v) is 6.99. The average molecular weight is 244 g/mol. The summed E-state index contributed by atoms with van der Waals surface area (Å²) in [5.74, 6) is 0. The molecule has 17 heavy (non-hydrogen) atoms. The van der Waals surface area contributed by atoms with Crippen molar-refractivity contribution in [2.45, 2.75) is 85.5 Å². The van der Waals surface area contributed by atoms with Crippen LogP contribution in [0.3, 0.4) is 0 Å². The van der Waals surface area contributed by atoms with E-state index in [1.165, 1.54) is 0 Å². The molecule has 0 fully saturated rings. The predicted octanol–water partition coefficient (Wildman–Crippen LogP) is 3.81. The lowest BCUT2D eigenvalue weighted by atomic mass is 10.1. The number of rotatable bonds is 10. The Morgan fingerprint density at radius 3 is 1.53 bits per heavy atom. The Kier molecular flexibility index (Phi) is 9.89. The largest absolute Gasteiger partial charge is 0.639 e. The van der Waals surface area contributed by atoms with Crippen LogP contribution in [-0.4, -0.2) is 25.6 Å². The van der Waals surface area contributed by atoms with Gasteiger partial charge in [0, 0.05) is 18.3 Å². The fourth-order valence-corrected chi connectivity index (χ4v) is 1.33. The zero-order valence-electron chi connectivity index (χ0n) is 12.4. The Bertz CT molecular complexity index is 166. The fourth-order valence-electron chi connectivity index (χ4n) is 1.33. The summed E-state index contributed by atoms with van der Waals surface area (Å²) >= 11 is 0. The molecule has 0 aliphatic rings. The Labute approximate surface area is 107 Å². The molecule has 0 spiro atoms. The van der Waals surface area contributed by atoms with Crippen LogP contribution in [0.5, 0.6) is 0 Å². The molecule has 0 aliphatic heterocycles. The summed E-state index contributed by atoms with van der Waals surface area (Å²) in [5.41, 5.74) is 0. The van der Waals surface area contributed by atoms with Crippen LogP contribution in [0.4, 0.5) is 0 Å². The molecule has 0 aromatic heterocycles. The smallest absolute Gasteiger partial charge is 0.383 e. The van der Waals surface area contributed by atoms with Crippen molar-refractivity contribution in [2.75, 3.05) is 0 Å². The highest BCUT2D eigenvalue weighted by Gasteiger charge is 2.27. The highest BCUT2D eigenvalue weighted by Crippen LogP contribution is 2.11. The van der Waals surface area contributed by atoms with Crippen molar-refractivity contribution < 1.29 is 14.0 Å². The molecule has 0 aromatic rings. The summed E-state index contributed by atoms with van der Waals surface area (Å²) in [4.78, 5) is 0. The van der Waals surface area contributed by atoms with Gasteiger partial charge in [-0.15, -0.1) is 0 Å². The summed E-state index contributed by atoms with van der Waals surface area (Å²) in [6.07, 6.45) is 4.58. The Morgan fingerprint density at radius 2 is 1.18 bits per heavy atom. The average Bonchev–Trinajstić information content (AvgIpc) is 2.28. The maximum atomic E-state index is 5.79. The van der Waals surface area contributed by atoms with Crippen molar-refractivity contribution in [1.82, 2.24) is 0 Å². The van der Waals surface area contributed by atoms with E-state index >= 15 is 0 Å². The van der Waals surface area contributed by atoms with Gasteiger partial charge in [-0.1, -0.05) is 27.2 Å². The van der Waals surface area contributed by atoms with Crippen LogP contribution >= 0.6 is 0 Å². The minimum absolute atomic E-state index is 0.165. The molecule has 0 saturated carbocycles. The van der Waals surface area contributed by atoms with Gasteiger partial charge in [0.05, 0.1) is 0 Å². The predicted molar refractivity (Wildman–Crippen MR) is 72.9 cm³/mol. The Morgan fingerprint density at radius 1 is 0.765 bits per heavy atom. The lowest BCUT2D eigenvalue weighted by Crippen LogP contribution is -2.36. The molecular weight excluding hydrogens is 215 g/mol. The zero-order chi connectivity index (χ0) is 13.3. The van der Waals surface area contributed by atoms with E-state index in [1.807, 2.05) is 13.8 Å². The highest BCUT2D eigenvalue weighted by molar-refractivity contribution is 6.36. The van der Waals surface area contributed by atoms with Crippen LogP contribution in [0.2, 0.25) is 0 Å². The second kappa shape index (κ2) is 9.92. The third-order valence-corrected chi connectivity index (χ3v) is 2.88. The lowest BCUT2D eigenvalue weighted by molar-refractivity contribution is 0.0169. The van der Waals surface area contributed by atoms with E-state index in [0.717, 1.165) is 25.7 Å². The van der Waals surface area contributed by atoms with Crippen LogP contribution in [0, 0.1) is 0 Å². The van der Waals surface area contributed by atoms with Gasteiger partial charge in [0.25, 0.3) is 0 Å².